The minimum Gasteiger partial charge on any atom is -0.393 e. The lowest BCUT2D eigenvalue weighted by Gasteiger charge is -2.14. The molecule has 2 heterocycles. The van der Waals surface area contributed by atoms with Gasteiger partial charge in [-0.25, -0.2) is 9.97 Å². The minimum absolute atomic E-state index is 0.235. The van der Waals surface area contributed by atoms with Crippen molar-refractivity contribution in [3.8, 4) is 0 Å². The molecule has 0 aromatic carbocycles. The van der Waals surface area contributed by atoms with Crippen LogP contribution in [-0.4, -0.2) is 32.1 Å². The lowest BCUT2D eigenvalue weighted by Crippen LogP contribution is -2.23. The molecule has 0 radical (unpaired) electrons. The summed E-state index contributed by atoms with van der Waals surface area (Å²) in [6.07, 6.45) is 6.05. The lowest BCUT2D eigenvalue weighted by molar-refractivity contribution is 0.116. The highest BCUT2D eigenvalue weighted by Crippen LogP contribution is 2.05. The molecule has 0 aliphatic heterocycles. The summed E-state index contributed by atoms with van der Waals surface area (Å²) in [5.41, 5.74) is 1.08. The Bertz CT molecular complexity index is 494. The predicted octanol–water partition coefficient (Wildman–Crippen LogP) is 1.23. The number of nitrogens with one attached hydrogen (secondary N) is 1. The van der Waals surface area contributed by atoms with E-state index >= 15 is 0 Å². The zero-order valence-electron chi connectivity index (χ0n) is 10.9. The summed E-state index contributed by atoms with van der Waals surface area (Å²) in [7, 11) is 0. The maximum absolute atomic E-state index is 9.69. The number of rotatable bonds is 6. The molecule has 0 saturated heterocycles. The van der Waals surface area contributed by atoms with Gasteiger partial charge in [0.2, 0.25) is 5.78 Å². The molecular weight excluding hydrogens is 228 g/mol. The van der Waals surface area contributed by atoms with Gasteiger partial charge in [-0.2, -0.15) is 0 Å². The van der Waals surface area contributed by atoms with Crippen LogP contribution in [-0.2, 0) is 6.54 Å². The van der Waals surface area contributed by atoms with Gasteiger partial charge in [0.1, 0.15) is 0 Å². The van der Waals surface area contributed by atoms with Crippen molar-refractivity contribution in [1.82, 2.24) is 19.7 Å². The molecule has 1 atom stereocenters. The van der Waals surface area contributed by atoms with Gasteiger partial charge >= 0.3 is 0 Å². The smallest absolute Gasteiger partial charge is 0.233 e. The molecule has 5 nitrogen and oxygen atoms in total. The highest BCUT2D eigenvalue weighted by Gasteiger charge is 2.08. The van der Waals surface area contributed by atoms with Crippen LogP contribution in [0.2, 0.25) is 0 Å². The Labute approximate surface area is 107 Å². The third kappa shape index (κ3) is 3.05. The van der Waals surface area contributed by atoms with Crippen LogP contribution in [0.15, 0.2) is 24.7 Å². The van der Waals surface area contributed by atoms with Crippen molar-refractivity contribution in [2.75, 3.05) is 6.54 Å². The lowest BCUT2D eigenvalue weighted by atomic mass is 10.0. The van der Waals surface area contributed by atoms with Gasteiger partial charge in [-0.1, -0.05) is 13.8 Å². The summed E-state index contributed by atoms with van der Waals surface area (Å²) < 4.78 is 1.96. The van der Waals surface area contributed by atoms with E-state index in [1.165, 1.54) is 0 Å². The molecule has 2 aromatic rings. The zero-order chi connectivity index (χ0) is 13.0. The number of fused-ring (bicyclic) bond motifs is 1. The topological polar surface area (TPSA) is 62.5 Å². The standard InChI is InChI=1S/C13H20N4O/c1-10(2)12(18)4-6-14-8-11-9-16-13-15-5-3-7-17(11)13/h3,5,7,9-10,12,14,18H,4,6,8H2,1-2H3. The van der Waals surface area contributed by atoms with E-state index in [-0.39, 0.29) is 6.10 Å². The molecule has 5 heteroatoms. The fourth-order valence-corrected chi connectivity index (χ4v) is 1.81. The second-order valence-corrected chi connectivity index (χ2v) is 4.82. The number of aromatic nitrogens is 3. The largest absolute Gasteiger partial charge is 0.393 e. The Hall–Kier alpha value is -1.46. The molecule has 1 unspecified atom stereocenters. The van der Waals surface area contributed by atoms with E-state index in [4.69, 9.17) is 0 Å². The van der Waals surface area contributed by atoms with E-state index in [9.17, 15) is 5.11 Å². The van der Waals surface area contributed by atoms with E-state index in [1.807, 2.05) is 36.7 Å². The zero-order valence-corrected chi connectivity index (χ0v) is 10.9. The quantitative estimate of drug-likeness (QED) is 0.755. The van der Waals surface area contributed by atoms with Gasteiger partial charge in [0.25, 0.3) is 0 Å². The monoisotopic (exact) mass is 248 g/mol. The van der Waals surface area contributed by atoms with Crippen molar-refractivity contribution in [2.45, 2.75) is 32.9 Å². The first-order chi connectivity index (χ1) is 8.68. The van der Waals surface area contributed by atoms with Crippen molar-refractivity contribution in [2.24, 2.45) is 5.92 Å². The maximum atomic E-state index is 9.69. The van der Waals surface area contributed by atoms with Crippen LogP contribution in [0.1, 0.15) is 26.0 Å². The summed E-state index contributed by atoms with van der Waals surface area (Å²) in [4.78, 5) is 8.39. The Kier molecular flexibility index (Phi) is 4.28. The summed E-state index contributed by atoms with van der Waals surface area (Å²) in [5, 5.41) is 13.0. The van der Waals surface area contributed by atoms with Crippen LogP contribution in [0.3, 0.4) is 0 Å². The van der Waals surface area contributed by atoms with Crippen molar-refractivity contribution in [1.29, 1.82) is 0 Å². The van der Waals surface area contributed by atoms with Crippen molar-refractivity contribution < 1.29 is 5.11 Å². The second kappa shape index (κ2) is 5.93. The van der Waals surface area contributed by atoms with Crippen LogP contribution in [0.5, 0.6) is 0 Å². The third-order valence-electron chi connectivity index (χ3n) is 3.06. The first-order valence-corrected chi connectivity index (χ1v) is 6.34. The van der Waals surface area contributed by atoms with Gasteiger partial charge in [-0.05, 0) is 24.9 Å². The van der Waals surface area contributed by atoms with Crippen molar-refractivity contribution >= 4 is 5.78 Å². The van der Waals surface area contributed by atoms with Gasteiger partial charge in [-0.15, -0.1) is 0 Å². The van der Waals surface area contributed by atoms with E-state index in [0.717, 1.165) is 31.0 Å². The van der Waals surface area contributed by atoms with Gasteiger partial charge in [0, 0.05) is 18.9 Å². The van der Waals surface area contributed by atoms with E-state index in [1.54, 1.807) is 6.20 Å². The summed E-state index contributed by atoms with van der Waals surface area (Å²) in [5.74, 6) is 1.03. The highest BCUT2D eigenvalue weighted by molar-refractivity contribution is 5.30. The molecule has 18 heavy (non-hydrogen) atoms. The van der Waals surface area contributed by atoms with Crippen molar-refractivity contribution in [3.63, 3.8) is 0 Å². The van der Waals surface area contributed by atoms with Crippen LogP contribution in [0.25, 0.3) is 5.78 Å². The Morgan fingerprint density at radius 3 is 3.00 bits per heavy atom. The fraction of sp³-hybridized carbons (Fsp3) is 0.538. The molecule has 0 amide bonds. The van der Waals surface area contributed by atoms with Crippen LogP contribution >= 0.6 is 0 Å². The van der Waals surface area contributed by atoms with E-state index in [0.29, 0.717) is 5.92 Å². The SMILES string of the molecule is CC(C)C(O)CCNCc1cnc2ncccn12. The Morgan fingerprint density at radius 2 is 2.22 bits per heavy atom. The molecular formula is C13H20N4O. The highest BCUT2D eigenvalue weighted by atomic mass is 16.3. The number of nitrogens with zero attached hydrogens (tertiary/aromatic N) is 3. The number of aliphatic hydroxyl groups excluding tert-OH is 1. The molecule has 0 aliphatic carbocycles. The first kappa shape index (κ1) is 13.0. The van der Waals surface area contributed by atoms with Crippen LogP contribution < -0.4 is 5.32 Å². The summed E-state index contributed by atoms with van der Waals surface area (Å²) >= 11 is 0. The van der Waals surface area contributed by atoms with Gasteiger partial charge in [0.15, 0.2) is 0 Å². The molecule has 0 spiro atoms. The van der Waals surface area contributed by atoms with Crippen LogP contribution in [0, 0.1) is 5.92 Å². The fourth-order valence-electron chi connectivity index (χ4n) is 1.81. The molecule has 0 bridgehead atoms. The van der Waals surface area contributed by atoms with Crippen LogP contribution in [0.4, 0.5) is 0 Å². The van der Waals surface area contributed by atoms with Gasteiger partial charge in [0.05, 0.1) is 18.0 Å². The molecule has 98 valence electrons. The Balaban J connectivity index is 1.84. The van der Waals surface area contributed by atoms with E-state index < -0.39 is 0 Å². The van der Waals surface area contributed by atoms with E-state index in [2.05, 4.69) is 15.3 Å². The average molecular weight is 248 g/mol. The normalized spacial score (nSPS) is 13.3. The number of hydrogen-bond acceptors (Lipinski definition) is 4. The second-order valence-electron chi connectivity index (χ2n) is 4.82. The summed E-state index contributed by atoms with van der Waals surface area (Å²) in [6, 6.07) is 1.89. The number of imidazole rings is 1. The molecule has 0 fully saturated rings. The molecule has 0 saturated carbocycles. The number of hydrogen-bond donors (Lipinski definition) is 2. The Morgan fingerprint density at radius 1 is 1.39 bits per heavy atom. The predicted molar refractivity (Wildman–Crippen MR) is 70.2 cm³/mol. The molecule has 2 N–H and O–H groups in total. The molecule has 2 aromatic heterocycles. The average Bonchev–Trinajstić information content (AvgIpc) is 2.77. The maximum Gasteiger partial charge on any atom is 0.233 e. The third-order valence-corrected chi connectivity index (χ3v) is 3.06. The minimum atomic E-state index is -0.235. The van der Waals surface area contributed by atoms with Gasteiger partial charge in [-0.3, -0.25) is 4.40 Å². The molecule has 0 aliphatic rings. The first-order valence-electron chi connectivity index (χ1n) is 6.34. The number of aliphatic hydroxyl groups is 1. The molecule has 2 rings (SSSR count). The summed E-state index contributed by atoms with van der Waals surface area (Å²) in [6.45, 7) is 5.59. The van der Waals surface area contributed by atoms with Gasteiger partial charge < -0.3 is 10.4 Å². The van der Waals surface area contributed by atoms with Crippen molar-refractivity contribution in [3.05, 3.63) is 30.4 Å².